The highest BCUT2D eigenvalue weighted by Crippen LogP contribution is 2.90. The van der Waals surface area contributed by atoms with Gasteiger partial charge in [-0.1, -0.05) is 104 Å². The van der Waals surface area contributed by atoms with Gasteiger partial charge in [0.2, 0.25) is 0 Å². The molecule has 11 rings (SSSR count). The molecule has 0 radical (unpaired) electrons. The summed E-state index contributed by atoms with van der Waals surface area (Å²) in [6.07, 6.45) is 10.8. The van der Waals surface area contributed by atoms with Gasteiger partial charge in [-0.15, -0.1) is 0 Å². The molecule has 6 atom stereocenters. The average Bonchev–Trinajstić information content (AvgIpc) is 3.73. The van der Waals surface area contributed by atoms with Gasteiger partial charge < -0.3 is 4.90 Å². The molecule has 1 heteroatoms. The zero-order valence-corrected chi connectivity index (χ0v) is 32.4. The van der Waals surface area contributed by atoms with Crippen LogP contribution in [0.5, 0.6) is 0 Å². The maximum Gasteiger partial charge on any atom is 0.0509 e. The topological polar surface area (TPSA) is 3.24 Å². The molecule has 4 aromatic rings. The van der Waals surface area contributed by atoms with E-state index in [1.165, 1.54) is 79.6 Å². The molecule has 2 spiro atoms. The Kier molecular flexibility index (Phi) is 5.77. The summed E-state index contributed by atoms with van der Waals surface area (Å²) < 4.78 is 0. The monoisotopic (exact) mass is 671 g/mol. The zero-order chi connectivity index (χ0) is 35.1. The Morgan fingerprint density at radius 2 is 1.06 bits per heavy atom. The number of anilines is 3. The fourth-order valence-corrected chi connectivity index (χ4v) is 14.4. The van der Waals surface area contributed by atoms with E-state index in [2.05, 4.69) is 139 Å². The third-order valence-electron chi connectivity index (χ3n) is 17.1. The first-order chi connectivity index (χ1) is 24.2. The van der Waals surface area contributed by atoms with E-state index in [1.54, 1.807) is 33.4 Å². The van der Waals surface area contributed by atoms with Crippen LogP contribution in [0.2, 0.25) is 0 Å². The van der Waals surface area contributed by atoms with E-state index in [0.29, 0.717) is 5.41 Å². The second-order valence-corrected chi connectivity index (χ2v) is 21.1. The molecule has 1 nitrogen and oxygen atoms in total. The van der Waals surface area contributed by atoms with E-state index in [4.69, 9.17) is 0 Å². The maximum absolute atomic E-state index is 2.75. The summed E-state index contributed by atoms with van der Waals surface area (Å²) >= 11 is 0. The molecule has 2 bridgehead atoms. The van der Waals surface area contributed by atoms with Crippen molar-refractivity contribution in [3.63, 3.8) is 0 Å². The second-order valence-electron chi connectivity index (χ2n) is 21.1. The molecule has 262 valence electrons. The number of benzene rings is 4. The molecule has 0 aromatic heterocycles. The van der Waals surface area contributed by atoms with Gasteiger partial charge in [-0.05, 0) is 177 Å². The molecule has 4 saturated carbocycles. The van der Waals surface area contributed by atoms with Crippen LogP contribution in [0.15, 0.2) is 78.9 Å². The van der Waals surface area contributed by atoms with Crippen LogP contribution in [-0.2, 0) is 27.1 Å². The minimum atomic E-state index is 0.136. The summed E-state index contributed by atoms with van der Waals surface area (Å²) in [7, 11) is 0. The van der Waals surface area contributed by atoms with Crippen LogP contribution in [-0.4, -0.2) is 0 Å². The fraction of sp³-hybridized carbons (Fsp3) is 0.520. The Balaban J connectivity index is 1.19. The first-order valence-electron chi connectivity index (χ1n) is 20.5. The van der Waals surface area contributed by atoms with Gasteiger partial charge in [0.25, 0.3) is 0 Å². The van der Waals surface area contributed by atoms with Crippen molar-refractivity contribution in [2.45, 2.75) is 134 Å². The van der Waals surface area contributed by atoms with Crippen LogP contribution in [0.25, 0.3) is 11.1 Å². The van der Waals surface area contributed by atoms with Crippen molar-refractivity contribution in [3.8, 4) is 11.1 Å². The first-order valence-corrected chi connectivity index (χ1v) is 20.5. The molecule has 0 N–H and O–H groups in total. The third-order valence-corrected chi connectivity index (χ3v) is 17.1. The van der Waals surface area contributed by atoms with Crippen LogP contribution >= 0.6 is 0 Å². The first kappa shape index (κ1) is 31.2. The van der Waals surface area contributed by atoms with Gasteiger partial charge in [-0.3, -0.25) is 0 Å². The smallest absolute Gasteiger partial charge is 0.0509 e. The minimum Gasteiger partial charge on any atom is -0.310 e. The van der Waals surface area contributed by atoms with Gasteiger partial charge in [0.05, 0.1) is 5.69 Å². The summed E-state index contributed by atoms with van der Waals surface area (Å²) in [6.45, 7) is 19.8. The van der Waals surface area contributed by atoms with Crippen LogP contribution in [0.4, 0.5) is 17.1 Å². The lowest BCUT2D eigenvalue weighted by atomic mass is 9.26. The normalized spacial score (nSPS) is 34.0. The lowest BCUT2D eigenvalue weighted by molar-refractivity contribution is -0.231. The van der Waals surface area contributed by atoms with Gasteiger partial charge in [0.1, 0.15) is 0 Å². The highest BCUT2D eigenvalue weighted by Gasteiger charge is 2.85. The molecule has 4 fully saturated rings. The third kappa shape index (κ3) is 3.61. The zero-order valence-electron chi connectivity index (χ0n) is 32.4. The largest absolute Gasteiger partial charge is 0.310 e. The van der Waals surface area contributed by atoms with E-state index in [0.717, 1.165) is 23.7 Å². The molecule has 0 saturated heterocycles. The Hall–Kier alpha value is -3.32. The molecule has 51 heavy (non-hydrogen) atoms. The fourth-order valence-electron chi connectivity index (χ4n) is 14.4. The lowest BCUT2D eigenvalue weighted by Crippen LogP contribution is -2.73. The molecule has 7 aliphatic rings. The van der Waals surface area contributed by atoms with E-state index in [1.807, 2.05) is 0 Å². The predicted molar refractivity (Wildman–Crippen MR) is 213 cm³/mol. The number of rotatable bonds is 3. The molecular weight excluding hydrogens is 615 g/mol. The Labute approximate surface area is 307 Å². The Bertz CT molecular complexity index is 2100. The molecule has 4 aromatic carbocycles. The summed E-state index contributed by atoms with van der Waals surface area (Å²) in [5, 5.41) is 0. The highest BCUT2D eigenvalue weighted by atomic mass is 15.1. The molecule has 0 amide bonds. The van der Waals surface area contributed by atoms with Crippen molar-refractivity contribution in [1.82, 2.24) is 0 Å². The maximum atomic E-state index is 2.75. The minimum absolute atomic E-state index is 0.136. The summed E-state index contributed by atoms with van der Waals surface area (Å²) in [4.78, 5) is 2.75. The van der Waals surface area contributed by atoms with Gasteiger partial charge in [-0.2, -0.15) is 0 Å². The molecule has 6 unspecified atom stereocenters. The van der Waals surface area contributed by atoms with Crippen LogP contribution in [0.1, 0.15) is 140 Å². The van der Waals surface area contributed by atoms with Crippen LogP contribution < -0.4 is 4.90 Å². The van der Waals surface area contributed by atoms with Gasteiger partial charge in [-0.25, -0.2) is 0 Å². The van der Waals surface area contributed by atoms with Crippen molar-refractivity contribution >= 4 is 17.1 Å². The predicted octanol–water partition coefficient (Wildman–Crippen LogP) is 13.2. The van der Waals surface area contributed by atoms with Crippen LogP contribution in [0.3, 0.4) is 0 Å². The summed E-state index contributed by atoms with van der Waals surface area (Å²) in [6, 6.07) is 32.3. The lowest BCUT2D eigenvalue weighted by Gasteiger charge is -2.76. The number of hydrogen-bond donors (Lipinski definition) is 0. The Morgan fingerprint density at radius 3 is 1.67 bits per heavy atom. The van der Waals surface area contributed by atoms with Gasteiger partial charge in [0.15, 0.2) is 0 Å². The van der Waals surface area contributed by atoms with Crippen molar-refractivity contribution in [2.75, 3.05) is 4.90 Å². The van der Waals surface area contributed by atoms with Crippen molar-refractivity contribution < 1.29 is 0 Å². The molecule has 0 heterocycles. The van der Waals surface area contributed by atoms with E-state index in [9.17, 15) is 0 Å². The van der Waals surface area contributed by atoms with E-state index < -0.39 is 0 Å². The van der Waals surface area contributed by atoms with Crippen molar-refractivity contribution in [1.29, 1.82) is 0 Å². The average molecular weight is 672 g/mol. The van der Waals surface area contributed by atoms with Crippen LogP contribution in [0, 0.1) is 29.1 Å². The number of fused-ring (bicyclic) bond motifs is 10. The SMILES string of the molecule is CC1(C)CCC(C)(C)c2cc(N(c3ccc4c(c3)C(C)(C)CCC4(C)C)c3cccc4c3C3(c5ccccc5-4)C4CC5CC6CC3C64C5)ccc21. The molecule has 7 aliphatic carbocycles. The highest BCUT2D eigenvalue weighted by molar-refractivity contribution is 5.92. The van der Waals surface area contributed by atoms with Gasteiger partial charge in [0, 0.05) is 16.8 Å². The number of nitrogens with zero attached hydrogens (tertiary/aromatic N) is 1. The van der Waals surface area contributed by atoms with E-state index >= 15 is 0 Å². The van der Waals surface area contributed by atoms with Gasteiger partial charge >= 0.3 is 0 Å². The van der Waals surface area contributed by atoms with Crippen molar-refractivity contribution in [3.05, 3.63) is 112 Å². The quantitative estimate of drug-likeness (QED) is 0.209. The Morgan fingerprint density at radius 1 is 0.510 bits per heavy atom. The number of hydrogen-bond acceptors (Lipinski definition) is 1. The summed E-state index contributed by atoms with van der Waals surface area (Å²) in [5.74, 6) is 3.49. The van der Waals surface area contributed by atoms with Crippen molar-refractivity contribution in [2.24, 2.45) is 29.1 Å². The molecular formula is C50H57N. The van der Waals surface area contributed by atoms with E-state index in [-0.39, 0.29) is 27.1 Å². The molecule has 0 aliphatic heterocycles. The summed E-state index contributed by atoms with van der Waals surface area (Å²) in [5.41, 5.74) is 18.0. The second kappa shape index (κ2) is 9.42. The standard InChI is InChI=1S/C50H57N/c1-45(2)20-22-47(5,6)39-27-32(16-18-37(39)45)51(33-17-19-38-40(28-33)48(7,8)23-21-46(38,3)4)41-15-11-13-35-34-12-9-10-14-36(34)50(44(35)41)42-25-30-24-31-26-43(50)49(31,42)29-30/h9-19,27-28,30-31,42-43H,20-26,29H2,1-8H3.